The van der Waals surface area contributed by atoms with Crippen LogP contribution in [0.4, 0.5) is 0 Å². The van der Waals surface area contributed by atoms with Gasteiger partial charge < -0.3 is 10.2 Å². The van der Waals surface area contributed by atoms with E-state index in [0.717, 1.165) is 17.7 Å². The van der Waals surface area contributed by atoms with Crippen molar-refractivity contribution in [1.82, 2.24) is 10.2 Å². The molecule has 0 fully saturated rings. The van der Waals surface area contributed by atoms with E-state index in [1.165, 1.54) is 16.7 Å². The van der Waals surface area contributed by atoms with Crippen molar-refractivity contribution in [3.63, 3.8) is 0 Å². The fourth-order valence-electron chi connectivity index (χ4n) is 3.38. The number of rotatable bonds is 10. The maximum atomic E-state index is 13.0. The minimum Gasteiger partial charge on any atom is -0.355 e. The summed E-state index contributed by atoms with van der Waals surface area (Å²) in [6.07, 6.45) is 0.734. The molecule has 2 amide bonds. The van der Waals surface area contributed by atoms with Gasteiger partial charge in [0.05, 0.1) is 5.75 Å². The van der Waals surface area contributed by atoms with Gasteiger partial charge in [-0.2, -0.15) is 0 Å². The summed E-state index contributed by atoms with van der Waals surface area (Å²) >= 11 is 1.60. The number of likely N-dealkylation sites (N-methyl/N-ethyl adjacent to an activating group) is 1. The lowest BCUT2D eigenvalue weighted by molar-refractivity contribution is -0.137. The molecule has 5 heteroatoms. The van der Waals surface area contributed by atoms with Crippen LogP contribution in [0, 0.1) is 13.8 Å². The quantitative estimate of drug-likeness (QED) is 0.638. The second-order valence-electron chi connectivity index (χ2n) is 7.38. The van der Waals surface area contributed by atoms with Crippen LogP contribution in [0.1, 0.15) is 36.1 Å². The van der Waals surface area contributed by atoms with E-state index in [-0.39, 0.29) is 11.8 Å². The molecule has 0 spiro atoms. The predicted molar refractivity (Wildman–Crippen MR) is 122 cm³/mol. The smallest absolute Gasteiger partial charge is 0.242 e. The second kappa shape index (κ2) is 11.7. The van der Waals surface area contributed by atoms with Crippen molar-refractivity contribution in [3.8, 4) is 0 Å². The van der Waals surface area contributed by atoms with Gasteiger partial charge in [0.1, 0.15) is 6.04 Å². The van der Waals surface area contributed by atoms with E-state index in [2.05, 4.69) is 37.4 Å². The number of thioether (sulfide) groups is 1. The van der Waals surface area contributed by atoms with Crippen LogP contribution in [0.15, 0.2) is 48.5 Å². The third kappa shape index (κ3) is 7.58. The number of hydrogen-bond acceptors (Lipinski definition) is 3. The number of carbonyl (C=O) groups excluding carboxylic acids is 2. The molecule has 0 aliphatic rings. The highest BCUT2D eigenvalue weighted by Gasteiger charge is 2.25. The average molecular weight is 413 g/mol. The van der Waals surface area contributed by atoms with E-state index in [1.54, 1.807) is 16.7 Å². The van der Waals surface area contributed by atoms with Gasteiger partial charge in [0.15, 0.2) is 0 Å². The molecule has 156 valence electrons. The Morgan fingerprint density at radius 3 is 2.31 bits per heavy atom. The predicted octanol–water partition coefficient (Wildman–Crippen LogP) is 4.13. The molecular weight excluding hydrogens is 380 g/mol. The van der Waals surface area contributed by atoms with E-state index in [9.17, 15) is 9.59 Å². The SMILES string of the molecule is CCNC(=O)[C@@H](C)N(CCc1ccccc1)C(=O)CSCc1cc(C)cc(C)c1. The molecular formula is C24H32N2O2S. The molecule has 1 atom stereocenters. The molecule has 4 nitrogen and oxygen atoms in total. The number of aryl methyl sites for hydroxylation is 2. The molecule has 0 radical (unpaired) electrons. The third-order valence-corrected chi connectivity index (χ3v) is 5.77. The van der Waals surface area contributed by atoms with Crippen molar-refractivity contribution in [3.05, 3.63) is 70.8 Å². The summed E-state index contributed by atoms with van der Waals surface area (Å²) in [7, 11) is 0. The van der Waals surface area contributed by atoms with Crippen molar-refractivity contribution in [1.29, 1.82) is 0 Å². The van der Waals surface area contributed by atoms with E-state index in [0.29, 0.717) is 18.8 Å². The van der Waals surface area contributed by atoms with E-state index in [4.69, 9.17) is 0 Å². The molecule has 0 saturated heterocycles. The summed E-state index contributed by atoms with van der Waals surface area (Å²) in [5.74, 6) is 1.06. The summed E-state index contributed by atoms with van der Waals surface area (Å²) in [5, 5.41) is 2.83. The highest BCUT2D eigenvalue weighted by molar-refractivity contribution is 7.99. The summed E-state index contributed by atoms with van der Waals surface area (Å²) in [4.78, 5) is 27.0. The summed E-state index contributed by atoms with van der Waals surface area (Å²) in [6, 6.07) is 16.1. The van der Waals surface area contributed by atoms with E-state index >= 15 is 0 Å². The van der Waals surface area contributed by atoms with Gasteiger partial charge >= 0.3 is 0 Å². The number of nitrogens with zero attached hydrogens (tertiary/aromatic N) is 1. The molecule has 29 heavy (non-hydrogen) atoms. The zero-order chi connectivity index (χ0) is 21.2. The lowest BCUT2D eigenvalue weighted by Gasteiger charge is -2.28. The Labute approximate surface area is 179 Å². The first kappa shape index (κ1) is 23.0. The number of hydrogen-bond donors (Lipinski definition) is 1. The Kier molecular flexibility index (Phi) is 9.26. The number of amides is 2. The first-order valence-electron chi connectivity index (χ1n) is 10.2. The first-order valence-corrected chi connectivity index (χ1v) is 11.3. The van der Waals surface area contributed by atoms with Crippen LogP contribution in [0.2, 0.25) is 0 Å². The fraction of sp³-hybridized carbons (Fsp3) is 0.417. The molecule has 0 aliphatic carbocycles. The van der Waals surface area contributed by atoms with Crippen molar-refractivity contribution >= 4 is 23.6 Å². The minimum absolute atomic E-state index is 0.00839. The van der Waals surface area contributed by atoms with Crippen molar-refractivity contribution in [2.24, 2.45) is 0 Å². The maximum absolute atomic E-state index is 13.0. The van der Waals surface area contributed by atoms with Gasteiger partial charge in [0.25, 0.3) is 0 Å². The van der Waals surface area contributed by atoms with Crippen LogP contribution in [-0.4, -0.2) is 41.6 Å². The van der Waals surface area contributed by atoms with Crippen molar-refractivity contribution < 1.29 is 9.59 Å². The number of carbonyl (C=O) groups is 2. The zero-order valence-corrected chi connectivity index (χ0v) is 18.7. The number of benzene rings is 2. The topological polar surface area (TPSA) is 49.4 Å². The summed E-state index contributed by atoms with van der Waals surface area (Å²) < 4.78 is 0. The van der Waals surface area contributed by atoms with Gasteiger partial charge in [-0.05, 0) is 45.2 Å². The van der Waals surface area contributed by atoms with Gasteiger partial charge in [0, 0.05) is 18.8 Å². The summed E-state index contributed by atoms with van der Waals surface area (Å²) in [5.41, 5.74) is 4.87. The van der Waals surface area contributed by atoms with Gasteiger partial charge in [-0.15, -0.1) is 11.8 Å². The van der Waals surface area contributed by atoms with E-state index in [1.807, 2.05) is 44.2 Å². The Morgan fingerprint density at radius 2 is 1.69 bits per heavy atom. The highest BCUT2D eigenvalue weighted by Crippen LogP contribution is 2.17. The van der Waals surface area contributed by atoms with Gasteiger partial charge in [0.2, 0.25) is 11.8 Å². The lowest BCUT2D eigenvalue weighted by Crippen LogP contribution is -2.49. The molecule has 1 N–H and O–H groups in total. The molecule has 0 saturated carbocycles. The lowest BCUT2D eigenvalue weighted by atomic mass is 10.1. The van der Waals surface area contributed by atoms with Crippen molar-refractivity contribution in [2.75, 3.05) is 18.8 Å². The van der Waals surface area contributed by atoms with Crippen molar-refractivity contribution in [2.45, 2.75) is 45.9 Å². The maximum Gasteiger partial charge on any atom is 0.242 e. The Bertz CT molecular complexity index is 788. The van der Waals surface area contributed by atoms with Crippen LogP contribution in [0.25, 0.3) is 0 Å². The van der Waals surface area contributed by atoms with Crippen LogP contribution < -0.4 is 5.32 Å². The molecule has 2 rings (SSSR count). The fourth-order valence-corrected chi connectivity index (χ4v) is 4.23. The van der Waals surface area contributed by atoms with Crippen LogP contribution in [-0.2, 0) is 21.8 Å². The van der Waals surface area contributed by atoms with Gasteiger partial charge in [-0.1, -0.05) is 59.7 Å². The third-order valence-electron chi connectivity index (χ3n) is 4.78. The summed E-state index contributed by atoms with van der Waals surface area (Å²) in [6.45, 7) is 8.97. The first-order chi connectivity index (χ1) is 13.9. The molecule has 0 heterocycles. The molecule has 0 aromatic heterocycles. The van der Waals surface area contributed by atoms with Gasteiger partial charge in [-0.25, -0.2) is 0 Å². The largest absolute Gasteiger partial charge is 0.355 e. The molecule has 0 unspecified atom stereocenters. The average Bonchev–Trinajstić information content (AvgIpc) is 2.68. The van der Waals surface area contributed by atoms with Crippen LogP contribution >= 0.6 is 11.8 Å². The normalized spacial score (nSPS) is 11.7. The number of nitrogens with one attached hydrogen (secondary N) is 1. The molecule has 2 aromatic carbocycles. The Balaban J connectivity index is 1.99. The Morgan fingerprint density at radius 1 is 1.03 bits per heavy atom. The molecule has 0 bridgehead atoms. The standard InChI is InChI=1S/C24H32N2O2S/c1-5-25-24(28)20(4)26(12-11-21-9-7-6-8-10-21)23(27)17-29-16-22-14-18(2)13-19(3)15-22/h6-10,13-15,20H,5,11-12,16-17H2,1-4H3,(H,25,28)/t20-/m1/s1. The molecule has 2 aromatic rings. The second-order valence-corrected chi connectivity index (χ2v) is 8.37. The van der Waals surface area contributed by atoms with Crippen LogP contribution in [0.5, 0.6) is 0 Å². The molecule has 0 aliphatic heterocycles. The zero-order valence-electron chi connectivity index (χ0n) is 17.9. The van der Waals surface area contributed by atoms with Gasteiger partial charge in [-0.3, -0.25) is 9.59 Å². The Hall–Kier alpha value is -2.27. The minimum atomic E-state index is -0.479. The highest BCUT2D eigenvalue weighted by atomic mass is 32.2. The van der Waals surface area contributed by atoms with Crippen LogP contribution in [0.3, 0.4) is 0 Å². The monoisotopic (exact) mass is 412 g/mol. The van der Waals surface area contributed by atoms with E-state index < -0.39 is 6.04 Å².